The summed E-state index contributed by atoms with van der Waals surface area (Å²) < 4.78 is 24.2. The van der Waals surface area contributed by atoms with Crippen molar-refractivity contribution in [3.8, 4) is 17.2 Å². The van der Waals surface area contributed by atoms with Crippen molar-refractivity contribution in [1.29, 1.82) is 0 Å². The maximum Gasteiger partial charge on any atom is 0.415 e. The van der Waals surface area contributed by atoms with Crippen molar-refractivity contribution >= 4 is 22.8 Å². The second-order valence-electron chi connectivity index (χ2n) is 9.39. The third kappa shape index (κ3) is 4.04. The lowest BCUT2D eigenvalue weighted by Crippen LogP contribution is -2.37. The molecule has 4 heterocycles. The smallest absolute Gasteiger partial charge is 0.415 e. The van der Waals surface area contributed by atoms with Gasteiger partial charge in [-0.05, 0) is 43.9 Å². The number of ether oxygens (including phenoxy) is 4. The summed E-state index contributed by atoms with van der Waals surface area (Å²) in [6.07, 6.45) is 6.53. The van der Waals surface area contributed by atoms with Crippen molar-refractivity contribution in [1.82, 2.24) is 9.55 Å². The zero-order valence-electron chi connectivity index (χ0n) is 20.1. The predicted molar refractivity (Wildman–Crippen MR) is 133 cm³/mol. The topological polar surface area (TPSA) is 92.1 Å². The first kappa shape index (κ1) is 22.5. The van der Waals surface area contributed by atoms with Gasteiger partial charge < -0.3 is 23.5 Å². The number of rotatable bonds is 4. The Bertz CT molecular complexity index is 1420. The van der Waals surface area contributed by atoms with Crippen LogP contribution in [0.15, 0.2) is 59.0 Å². The number of methoxy groups -OCH3 is 1. The molecule has 2 fully saturated rings. The molecule has 2 aliphatic heterocycles. The maximum atomic E-state index is 12.8. The molecular formula is C27H27N3O6. The van der Waals surface area contributed by atoms with E-state index in [1.54, 1.807) is 34.9 Å². The minimum Gasteiger partial charge on any atom is -0.495 e. The van der Waals surface area contributed by atoms with Gasteiger partial charge in [0.15, 0.2) is 11.5 Å². The molecule has 0 unspecified atom stereocenters. The standard InChI is InChI=1S/C27H27N3O6/c1-33-20-15-22-21(28-16-20)3-5-25(31)29(22)11-8-18-6-9-27(10-7-18)17-30(26(32)36-27)19-2-4-23-24(14-19)35-13-12-34-23/h2-5,8,14-16H,6-7,9-13,17H2,1H3. The Morgan fingerprint density at radius 1 is 1.06 bits per heavy atom. The number of nitrogens with zero attached hydrogens (tertiary/aromatic N) is 3. The molecule has 0 bridgehead atoms. The van der Waals surface area contributed by atoms with Crippen molar-refractivity contribution in [3.63, 3.8) is 0 Å². The SMILES string of the molecule is COc1cnc2ccc(=O)n(CC=C3CCC4(CC3)CN(c3ccc5c(c3)OCCO5)C(=O)O4)c2c1. The van der Waals surface area contributed by atoms with E-state index in [9.17, 15) is 9.59 Å². The number of fused-ring (bicyclic) bond motifs is 2. The van der Waals surface area contributed by atoms with Gasteiger partial charge in [-0.2, -0.15) is 0 Å². The van der Waals surface area contributed by atoms with E-state index in [2.05, 4.69) is 11.1 Å². The highest BCUT2D eigenvalue weighted by atomic mass is 16.6. The largest absolute Gasteiger partial charge is 0.495 e. The normalized spacial score (nSPS) is 21.1. The van der Waals surface area contributed by atoms with Gasteiger partial charge in [0.25, 0.3) is 5.56 Å². The van der Waals surface area contributed by atoms with Crippen molar-refractivity contribution in [2.45, 2.75) is 37.8 Å². The van der Waals surface area contributed by atoms with Crippen LogP contribution in [0.3, 0.4) is 0 Å². The molecule has 1 saturated heterocycles. The summed E-state index contributed by atoms with van der Waals surface area (Å²) in [6.45, 7) is 1.98. The molecule has 3 aromatic rings. The number of hydrogen-bond donors (Lipinski definition) is 0. The van der Waals surface area contributed by atoms with Gasteiger partial charge in [0.1, 0.15) is 24.6 Å². The average molecular weight is 490 g/mol. The van der Waals surface area contributed by atoms with Crippen LogP contribution in [0, 0.1) is 0 Å². The fraction of sp³-hybridized carbons (Fsp3) is 0.370. The zero-order chi connectivity index (χ0) is 24.7. The minimum absolute atomic E-state index is 0.0820. The number of pyridine rings is 2. The van der Waals surface area contributed by atoms with E-state index < -0.39 is 5.60 Å². The molecule has 9 heteroatoms. The van der Waals surface area contributed by atoms with Crippen LogP contribution in [0.1, 0.15) is 25.7 Å². The van der Waals surface area contributed by atoms with E-state index in [1.807, 2.05) is 24.3 Å². The van der Waals surface area contributed by atoms with Gasteiger partial charge in [-0.3, -0.25) is 14.7 Å². The third-order valence-corrected chi connectivity index (χ3v) is 7.22. The summed E-state index contributed by atoms with van der Waals surface area (Å²) in [5.41, 5.74) is 2.91. The van der Waals surface area contributed by atoms with E-state index in [-0.39, 0.29) is 11.7 Å². The molecule has 1 spiro atoms. The first-order valence-electron chi connectivity index (χ1n) is 12.2. The van der Waals surface area contributed by atoms with Gasteiger partial charge in [-0.15, -0.1) is 0 Å². The van der Waals surface area contributed by atoms with Gasteiger partial charge in [0.05, 0.1) is 36.6 Å². The molecule has 9 nitrogen and oxygen atoms in total. The molecule has 0 N–H and O–H groups in total. The molecule has 1 aliphatic carbocycles. The quantitative estimate of drug-likeness (QED) is 0.510. The van der Waals surface area contributed by atoms with E-state index >= 15 is 0 Å². The fourth-order valence-electron chi connectivity index (χ4n) is 5.18. The molecule has 36 heavy (non-hydrogen) atoms. The summed E-state index contributed by atoms with van der Waals surface area (Å²) >= 11 is 0. The van der Waals surface area contributed by atoms with Crippen molar-refractivity contribution in [2.75, 3.05) is 31.8 Å². The van der Waals surface area contributed by atoms with E-state index in [0.717, 1.165) is 42.4 Å². The molecule has 1 amide bonds. The zero-order valence-corrected chi connectivity index (χ0v) is 20.1. The maximum absolute atomic E-state index is 12.8. The second kappa shape index (κ2) is 8.89. The Morgan fingerprint density at radius 3 is 2.67 bits per heavy atom. The van der Waals surface area contributed by atoms with E-state index in [1.165, 1.54) is 5.57 Å². The Balaban J connectivity index is 1.16. The fourth-order valence-corrected chi connectivity index (χ4v) is 5.18. The Hall–Kier alpha value is -4.01. The molecule has 2 aromatic heterocycles. The Kier molecular flexibility index (Phi) is 5.55. The Morgan fingerprint density at radius 2 is 1.86 bits per heavy atom. The summed E-state index contributed by atoms with van der Waals surface area (Å²) in [5, 5.41) is 0. The number of hydrogen-bond acceptors (Lipinski definition) is 7. The first-order valence-corrected chi connectivity index (χ1v) is 12.2. The van der Waals surface area contributed by atoms with Gasteiger partial charge in [0.2, 0.25) is 0 Å². The molecule has 0 radical (unpaired) electrons. The lowest BCUT2D eigenvalue weighted by molar-refractivity contribution is 0.0346. The number of allylic oxidation sites excluding steroid dienone is 2. The predicted octanol–water partition coefficient (Wildman–Crippen LogP) is 4.07. The minimum atomic E-state index is -0.505. The van der Waals surface area contributed by atoms with Crippen LogP contribution in [0.2, 0.25) is 0 Å². The number of amides is 1. The Labute approximate surface area is 207 Å². The van der Waals surface area contributed by atoms with Crippen LogP contribution in [0.5, 0.6) is 17.2 Å². The van der Waals surface area contributed by atoms with Crippen LogP contribution in [0.4, 0.5) is 10.5 Å². The number of carbonyl (C=O) groups is 1. The molecule has 0 atom stereocenters. The van der Waals surface area contributed by atoms with Crippen molar-refractivity contribution in [3.05, 3.63) is 64.6 Å². The van der Waals surface area contributed by atoms with Crippen LogP contribution >= 0.6 is 0 Å². The van der Waals surface area contributed by atoms with Gasteiger partial charge in [-0.25, -0.2) is 4.79 Å². The number of carbonyl (C=O) groups excluding carboxylic acids is 1. The first-order chi connectivity index (χ1) is 17.5. The summed E-state index contributed by atoms with van der Waals surface area (Å²) in [5.74, 6) is 1.96. The summed E-state index contributed by atoms with van der Waals surface area (Å²) in [6, 6.07) is 10.7. The third-order valence-electron chi connectivity index (χ3n) is 7.22. The van der Waals surface area contributed by atoms with Crippen molar-refractivity contribution < 1.29 is 23.7 Å². The lowest BCUT2D eigenvalue weighted by atomic mass is 9.82. The van der Waals surface area contributed by atoms with Crippen molar-refractivity contribution in [2.24, 2.45) is 0 Å². The number of benzene rings is 1. The monoisotopic (exact) mass is 489 g/mol. The molecule has 3 aliphatic rings. The number of anilines is 1. The molecule has 1 saturated carbocycles. The van der Waals surface area contributed by atoms with Crippen LogP contribution in [-0.2, 0) is 11.3 Å². The van der Waals surface area contributed by atoms with Crippen LogP contribution in [-0.4, -0.2) is 48.1 Å². The van der Waals surface area contributed by atoms with Crippen LogP contribution in [0.25, 0.3) is 11.0 Å². The van der Waals surface area contributed by atoms with E-state index in [0.29, 0.717) is 43.6 Å². The molecule has 6 rings (SSSR count). The summed E-state index contributed by atoms with van der Waals surface area (Å²) in [7, 11) is 1.58. The van der Waals surface area contributed by atoms with Crippen LogP contribution < -0.4 is 24.7 Å². The highest BCUT2D eigenvalue weighted by Gasteiger charge is 2.47. The molecular weight excluding hydrogens is 462 g/mol. The summed E-state index contributed by atoms with van der Waals surface area (Å²) in [4.78, 5) is 31.4. The van der Waals surface area contributed by atoms with E-state index in [4.69, 9.17) is 18.9 Å². The van der Waals surface area contributed by atoms with Gasteiger partial charge in [0, 0.05) is 24.7 Å². The lowest BCUT2D eigenvalue weighted by Gasteiger charge is -2.32. The molecule has 1 aromatic carbocycles. The number of aromatic nitrogens is 2. The van der Waals surface area contributed by atoms with Gasteiger partial charge in [-0.1, -0.05) is 11.6 Å². The van der Waals surface area contributed by atoms with Gasteiger partial charge >= 0.3 is 6.09 Å². The average Bonchev–Trinajstić information content (AvgIpc) is 3.23. The highest BCUT2D eigenvalue weighted by molar-refractivity contribution is 5.90. The second-order valence-corrected chi connectivity index (χ2v) is 9.39. The molecule has 186 valence electrons. The highest BCUT2D eigenvalue weighted by Crippen LogP contribution is 2.42.